The second-order valence-corrected chi connectivity index (χ2v) is 10.1. The molecule has 1 aromatic heterocycles. The Morgan fingerprint density at radius 2 is 1.73 bits per heavy atom. The van der Waals surface area contributed by atoms with Crippen LogP contribution in [0.3, 0.4) is 0 Å². The van der Waals surface area contributed by atoms with Crippen LogP contribution < -0.4 is 9.86 Å². The third-order valence-corrected chi connectivity index (χ3v) is 6.96. The Hall–Kier alpha value is -2.88. The van der Waals surface area contributed by atoms with Crippen molar-refractivity contribution >= 4 is 31.8 Å². The summed E-state index contributed by atoms with van der Waals surface area (Å²) < 4.78 is 57.0. The van der Waals surface area contributed by atoms with Crippen LogP contribution in [0.5, 0.6) is 0 Å². The summed E-state index contributed by atoms with van der Waals surface area (Å²) in [6.07, 6.45) is 5.11. The summed E-state index contributed by atoms with van der Waals surface area (Å²) in [5.41, 5.74) is 2.98. The number of hydrogen-bond donors (Lipinski definition) is 2. The molecule has 0 bridgehead atoms. The lowest BCUT2D eigenvalue weighted by atomic mass is 10.1. The first-order valence-electron chi connectivity index (χ1n) is 9.25. The van der Waals surface area contributed by atoms with Gasteiger partial charge in [0.1, 0.15) is 10.7 Å². The van der Waals surface area contributed by atoms with Gasteiger partial charge >= 0.3 is 0 Å². The average Bonchev–Trinajstić information content (AvgIpc) is 3.37. The fourth-order valence-corrected chi connectivity index (χ4v) is 5.54. The number of aryl methyl sites for hydroxylation is 1. The van der Waals surface area contributed by atoms with Crippen molar-refractivity contribution in [2.75, 3.05) is 4.72 Å². The number of fused-ring (bicyclic) bond motifs is 1. The van der Waals surface area contributed by atoms with E-state index in [1.165, 1.54) is 12.1 Å². The quantitative estimate of drug-likeness (QED) is 0.603. The molecule has 0 aliphatic heterocycles. The number of sulfonamides is 2. The molecule has 0 atom stereocenters. The number of hydrogen-bond acceptors (Lipinski definition) is 5. The Bertz CT molecular complexity index is 1310. The van der Waals surface area contributed by atoms with Gasteiger partial charge in [0.15, 0.2) is 0 Å². The molecule has 0 unspecified atom stereocenters. The van der Waals surface area contributed by atoms with E-state index < -0.39 is 20.0 Å². The number of nitrogens with two attached hydrogens (primary N) is 1. The van der Waals surface area contributed by atoms with E-state index in [2.05, 4.69) is 4.72 Å². The summed E-state index contributed by atoms with van der Waals surface area (Å²) >= 11 is 0. The fourth-order valence-electron chi connectivity index (χ4n) is 3.59. The van der Waals surface area contributed by atoms with Crippen LogP contribution in [0.25, 0.3) is 17.4 Å². The first kappa shape index (κ1) is 20.4. The van der Waals surface area contributed by atoms with E-state index in [0.29, 0.717) is 23.3 Å². The second kappa shape index (κ2) is 7.75. The van der Waals surface area contributed by atoms with Gasteiger partial charge in [0.25, 0.3) is 10.0 Å². The highest BCUT2D eigenvalue weighted by molar-refractivity contribution is 7.95. The van der Waals surface area contributed by atoms with Gasteiger partial charge in [0, 0.05) is 5.56 Å². The number of furan rings is 1. The summed E-state index contributed by atoms with van der Waals surface area (Å²) in [6.45, 7) is 0. The van der Waals surface area contributed by atoms with Crippen molar-refractivity contribution in [2.45, 2.75) is 24.2 Å². The molecule has 3 N–H and O–H groups in total. The number of primary sulfonamides is 1. The maximum atomic E-state index is 12.6. The first-order chi connectivity index (χ1) is 14.2. The highest BCUT2D eigenvalue weighted by atomic mass is 32.2. The summed E-state index contributed by atoms with van der Waals surface area (Å²) in [5, 5.41) is 6.38. The zero-order valence-corrected chi connectivity index (χ0v) is 17.5. The second-order valence-electron chi connectivity index (χ2n) is 7.03. The Kier molecular flexibility index (Phi) is 5.27. The summed E-state index contributed by atoms with van der Waals surface area (Å²) in [4.78, 5) is -0.141. The minimum Gasteiger partial charge on any atom is -0.464 e. The Morgan fingerprint density at radius 1 is 0.967 bits per heavy atom. The molecule has 1 aliphatic carbocycles. The van der Waals surface area contributed by atoms with Gasteiger partial charge < -0.3 is 4.42 Å². The minimum atomic E-state index is -4.08. The molecule has 0 amide bonds. The molecule has 3 aromatic rings. The zero-order chi connectivity index (χ0) is 21.4. The molecule has 1 heterocycles. The van der Waals surface area contributed by atoms with Crippen molar-refractivity contribution in [3.8, 4) is 11.3 Å². The molecular weight excluding hydrogens is 424 g/mol. The maximum absolute atomic E-state index is 12.6. The van der Waals surface area contributed by atoms with Crippen molar-refractivity contribution in [1.29, 1.82) is 0 Å². The van der Waals surface area contributed by atoms with Gasteiger partial charge in [-0.25, -0.2) is 22.0 Å². The summed E-state index contributed by atoms with van der Waals surface area (Å²) in [5.74, 6) is 0.715. The molecule has 0 saturated carbocycles. The number of benzene rings is 2. The maximum Gasteiger partial charge on any atom is 0.255 e. The minimum absolute atomic E-state index is 0.0315. The highest BCUT2D eigenvalue weighted by Crippen LogP contribution is 2.34. The molecule has 156 valence electrons. The largest absolute Gasteiger partial charge is 0.464 e. The van der Waals surface area contributed by atoms with Gasteiger partial charge in [0.2, 0.25) is 10.0 Å². The van der Waals surface area contributed by atoms with E-state index >= 15 is 0 Å². The lowest BCUT2D eigenvalue weighted by Gasteiger charge is -2.13. The van der Waals surface area contributed by atoms with Gasteiger partial charge in [-0.1, -0.05) is 30.3 Å². The highest BCUT2D eigenvalue weighted by Gasteiger charge is 2.26. The molecule has 7 nitrogen and oxygen atoms in total. The van der Waals surface area contributed by atoms with Crippen molar-refractivity contribution in [3.63, 3.8) is 0 Å². The first-order valence-corrected chi connectivity index (χ1v) is 12.3. The van der Waals surface area contributed by atoms with Gasteiger partial charge in [-0.2, -0.15) is 0 Å². The lowest BCUT2D eigenvalue weighted by molar-refractivity contribution is 0.582. The lowest BCUT2D eigenvalue weighted by Crippen LogP contribution is -2.19. The van der Waals surface area contributed by atoms with Crippen molar-refractivity contribution in [2.24, 2.45) is 5.14 Å². The van der Waals surface area contributed by atoms with E-state index in [1.807, 2.05) is 18.2 Å². The summed E-state index contributed by atoms with van der Waals surface area (Å²) in [6, 6.07) is 14.0. The van der Waals surface area contributed by atoms with Crippen molar-refractivity contribution < 1.29 is 21.3 Å². The molecule has 0 radical (unpaired) electrons. The van der Waals surface area contributed by atoms with Crippen LogP contribution in [-0.4, -0.2) is 16.8 Å². The van der Waals surface area contributed by atoms with E-state index in [1.54, 1.807) is 30.5 Å². The van der Waals surface area contributed by atoms with E-state index in [0.717, 1.165) is 29.4 Å². The van der Waals surface area contributed by atoms with E-state index in [9.17, 15) is 16.8 Å². The predicted octanol–water partition coefficient (Wildman–Crippen LogP) is 3.50. The third-order valence-electron chi connectivity index (χ3n) is 4.92. The number of rotatable bonds is 6. The van der Waals surface area contributed by atoms with Crippen molar-refractivity contribution in [3.05, 3.63) is 76.9 Å². The smallest absolute Gasteiger partial charge is 0.255 e. The van der Waals surface area contributed by atoms with E-state index in [-0.39, 0.29) is 10.6 Å². The standard InChI is InChI=1S/C21H20N2O5S2/c22-30(26,27)21-18-4-1-3-16(18)10-11-19(21)23-29(24,25)14-12-15-6-8-17(9-7-15)20-5-2-13-28-20/h2,5-14,23H,1,3-4H2,(H2,22,26,27). The monoisotopic (exact) mass is 444 g/mol. The number of anilines is 1. The molecule has 0 spiro atoms. The topological polar surface area (TPSA) is 119 Å². The fraction of sp³-hybridized carbons (Fsp3) is 0.143. The molecule has 9 heteroatoms. The van der Waals surface area contributed by atoms with Crippen LogP contribution in [0.2, 0.25) is 0 Å². The molecule has 0 fully saturated rings. The molecule has 2 aromatic carbocycles. The Labute approximate surface area is 175 Å². The molecule has 4 rings (SSSR count). The van der Waals surface area contributed by atoms with Crippen LogP contribution in [0.15, 0.2) is 69.5 Å². The van der Waals surface area contributed by atoms with Gasteiger partial charge in [0.05, 0.1) is 17.4 Å². The SMILES string of the molecule is NS(=O)(=O)c1c(NS(=O)(=O)C=Cc2ccc(-c3ccco3)cc2)ccc2c1CCC2. The van der Waals surface area contributed by atoms with Gasteiger partial charge in [-0.3, -0.25) is 4.72 Å². The van der Waals surface area contributed by atoms with Crippen molar-refractivity contribution in [1.82, 2.24) is 0 Å². The van der Waals surface area contributed by atoms with Crippen LogP contribution in [0.1, 0.15) is 23.1 Å². The van der Waals surface area contributed by atoms with Crippen LogP contribution in [0.4, 0.5) is 5.69 Å². The molecule has 0 saturated heterocycles. The Balaban J connectivity index is 1.58. The summed E-state index contributed by atoms with van der Waals surface area (Å²) in [7, 11) is -8.04. The van der Waals surface area contributed by atoms with E-state index in [4.69, 9.17) is 9.56 Å². The Morgan fingerprint density at radius 3 is 2.40 bits per heavy atom. The molecule has 30 heavy (non-hydrogen) atoms. The predicted molar refractivity (Wildman–Crippen MR) is 116 cm³/mol. The average molecular weight is 445 g/mol. The van der Waals surface area contributed by atoms with Crippen LogP contribution in [-0.2, 0) is 32.9 Å². The van der Waals surface area contributed by atoms with Gasteiger partial charge in [-0.05, 0) is 60.2 Å². The molecule has 1 aliphatic rings. The van der Waals surface area contributed by atoms with Crippen LogP contribution in [0, 0.1) is 0 Å². The molecular formula is C21H20N2O5S2. The third kappa shape index (κ3) is 4.33. The van der Waals surface area contributed by atoms with Gasteiger partial charge in [-0.15, -0.1) is 0 Å². The number of nitrogens with one attached hydrogen (secondary N) is 1. The van der Waals surface area contributed by atoms with Crippen LogP contribution >= 0.6 is 0 Å². The normalized spacial score (nSPS) is 14.2. The zero-order valence-electron chi connectivity index (χ0n) is 15.9.